The van der Waals surface area contributed by atoms with Crippen LogP contribution in [0.25, 0.3) is 0 Å². The number of benzene rings is 1. The second-order valence-electron chi connectivity index (χ2n) is 4.13. The predicted molar refractivity (Wildman–Crippen MR) is 67.5 cm³/mol. The summed E-state index contributed by atoms with van der Waals surface area (Å²) >= 11 is 11.9. The Kier molecular flexibility index (Phi) is 4.91. The first-order chi connectivity index (χ1) is 7.04. The fourth-order valence-electron chi connectivity index (χ4n) is 1.47. The van der Waals surface area contributed by atoms with E-state index in [-0.39, 0.29) is 0 Å². The molecule has 0 saturated carbocycles. The molecule has 1 rings (SSSR count). The Hall–Kier alpha value is -0.240. The highest BCUT2D eigenvalue weighted by molar-refractivity contribution is 6.35. The summed E-state index contributed by atoms with van der Waals surface area (Å²) in [4.78, 5) is 0. The molecule has 0 bridgehead atoms. The molecular formula is C12H17Cl2N. The molecule has 1 aromatic carbocycles. The fourth-order valence-corrected chi connectivity index (χ4v) is 1.95. The summed E-state index contributed by atoms with van der Waals surface area (Å²) in [5.41, 5.74) is 6.78. The molecule has 0 fully saturated rings. The topological polar surface area (TPSA) is 26.0 Å². The van der Waals surface area contributed by atoms with Crippen LogP contribution in [0.1, 0.15) is 19.4 Å². The molecule has 0 aromatic heterocycles. The van der Waals surface area contributed by atoms with Gasteiger partial charge in [0.15, 0.2) is 0 Å². The Balaban J connectivity index is 2.72. The number of nitrogens with two attached hydrogens (primary N) is 1. The van der Waals surface area contributed by atoms with Gasteiger partial charge in [0.2, 0.25) is 0 Å². The van der Waals surface area contributed by atoms with E-state index in [9.17, 15) is 0 Å². The Morgan fingerprint density at radius 3 is 2.40 bits per heavy atom. The van der Waals surface area contributed by atoms with Gasteiger partial charge < -0.3 is 5.73 Å². The van der Waals surface area contributed by atoms with Gasteiger partial charge >= 0.3 is 0 Å². The number of rotatable bonds is 4. The van der Waals surface area contributed by atoms with Gasteiger partial charge in [0.25, 0.3) is 0 Å². The number of hydrogen-bond acceptors (Lipinski definition) is 1. The van der Waals surface area contributed by atoms with Crippen molar-refractivity contribution in [2.45, 2.75) is 20.3 Å². The molecule has 1 nitrogen and oxygen atoms in total. The molecule has 0 amide bonds. The Morgan fingerprint density at radius 1 is 1.20 bits per heavy atom. The minimum atomic E-state index is 0.511. The van der Waals surface area contributed by atoms with Gasteiger partial charge in [0.1, 0.15) is 0 Å². The van der Waals surface area contributed by atoms with Gasteiger partial charge in [-0.25, -0.2) is 0 Å². The predicted octanol–water partition coefficient (Wildman–Crippen LogP) is 3.77. The van der Waals surface area contributed by atoms with Crippen molar-refractivity contribution < 1.29 is 0 Å². The molecule has 0 saturated heterocycles. The van der Waals surface area contributed by atoms with E-state index in [2.05, 4.69) is 13.8 Å². The van der Waals surface area contributed by atoms with Crippen LogP contribution in [0.15, 0.2) is 18.2 Å². The fraction of sp³-hybridized carbons (Fsp3) is 0.500. The molecule has 15 heavy (non-hydrogen) atoms. The van der Waals surface area contributed by atoms with Crippen LogP contribution in [0.5, 0.6) is 0 Å². The lowest BCUT2D eigenvalue weighted by molar-refractivity contribution is 0.394. The third-order valence-electron chi connectivity index (χ3n) is 2.90. The van der Waals surface area contributed by atoms with Crippen LogP contribution in [0.2, 0.25) is 10.0 Å². The molecule has 84 valence electrons. The van der Waals surface area contributed by atoms with Crippen molar-refractivity contribution in [2.75, 3.05) is 6.54 Å². The lowest BCUT2D eigenvalue weighted by Crippen LogP contribution is -2.20. The van der Waals surface area contributed by atoms with Crippen molar-refractivity contribution >= 4 is 23.2 Å². The van der Waals surface area contributed by atoms with E-state index in [4.69, 9.17) is 28.9 Å². The van der Waals surface area contributed by atoms with E-state index < -0.39 is 0 Å². The van der Waals surface area contributed by atoms with Crippen molar-refractivity contribution in [3.63, 3.8) is 0 Å². The molecule has 0 aliphatic rings. The maximum absolute atomic E-state index is 6.11. The third kappa shape index (κ3) is 3.67. The molecule has 2 N–H and O–H groups in total. The molecule has 0 radical (unpaired) electrons. The van der Waals surface area contributed by atoms with Crippen LogP contribution in [0.3, 0.4) is 0 Å². The molecular weight excluding hydrogens is 229 g/mol. The summed E-state index contributed by atoms with van der Waals surface area (Å²) in [6, 6.07) is 5.66. The van der Waals surface area contributed by atoms with Crippen LogP contribution >= 0.6 is 23.2 Å². The Labute approximate surface area is 102 Å². The lowest BCUT2D eigenvalue weighted by Gasteiger charge is -2.18. The summed E-state index contributed by atoms with van der Waals surface area (Å²) in [6.45, 7) is 5.07. The zero-order valence-electron chi connectivity index (χ0n) is 9.13. The highest BCUT2D eigenvalue weighted by Crippen LogP contribution is 2.25. The minimum Gasteiger partial charge on any atom is -0.330 e. The summed E-state index contributed by atoms with van der Waals surface area (Å²) in [6.07, 6.45) is 0.953. The Morgan fingerprint density at radius 2 is 1.87 bits per heavy atom. The molecule has 0 aliphatic carbocycles. The van der Waals surface area contributed by atoms with Crippen LogP contribution in [0, 0.1) is 11.8 Å². The summed E-state index contributed by atoms with van der Waals surface area (Å²) in [7, 11) is 0. The van der Waals surface area contributed by atoms with Gasteiger partial charge in [-0.1, -0.05) is 43.1 Å². The van der Waals surface area contributed by atoms with Gasteiger partial charge in [-0.15, -0.1) is 0 Å². The van der Waals surface area contributed by atoms with Crippen LogP contribution in [-0.2, 0) is 6.42 Å². The average Bonchev–Trinajstić information content (AvgIpc) is 2.20. The summed E-state index contributed by atoms with van der Waals surface area (Å²) in [5.74, 6) is 1.05. The van der Waals surface area contributed by atoms with E-state index in [0.717, 1.165) is 17.0 Å². The summed E-state index contributed by atoms with van der Waals surface area (Å²) in [5, 5.41) is 1.43. The van der Waals surface area contributed by atoms with E-state index in [1.807, 2.05) is 12.1 Å². The van der Waals surface area contributed by atoms with Crippen molar-refractivity contribution in [2.24, 2.45) is 17.6 Å². The minimum absolute atomic E-state index is 0.511. The van der Waals surface area contributed by atoms with Crippen molar-refractivity contribution in [1.82, 2.24) is 0 Å². The molecule has 0 aliphatic heterocycles. The largest absolute Gasteiger partial charge is 0.330 e. The van der Waals surface area contributed by atoms with E-state index >= 15 is 0 Å². The van der Waals surface area contributed by atoms with Crippen LogP contribution in [-0.4, -0.2) is 6.54 Å². The van der Waals surface area contributed by atoms with Crippen LogP contribution < -0.4 is 5.73 Å². The standard InChI is InChI=1S/C12H17Cl2N/c1-8(9(2)7-15)5-10-3-4-11(13)6-12(10)14/h3-4,6,8-9H,5,7,15H2,1-2H3. The highest BCUT2D eigenvalue weighted by atomic mass is 35.5. The van der Waals surface area contributed by atoms with Gasteiger partial charge in [0.05, 0.1) is 0 Å². The quantitative estimate of drug-likeness (QED) is 0.859. The normalized spacial score (nSPS) is 15.0. The van der Waals surface area contributed by atoms with E-state index in [1.54, 1.807) is 6.07 Å². The smallest absolute Gasteiger partial charge is 0.0452 e. The maximum Gasteiger partial charge on any atom is 0.0452 e. The zero-order valence-corrected chi connectivity index (χ0v) is 10.6. The van der Waals surface area contributed by atoms with Gasteiger partial charge in [-0.05, 0) is 42.5 Å². The average molecular weight is 246 g/mol. The summed E-state index contributed by atoms with van der Waals surface area (Å²) < 4.78 is 0. The SMILES string of the molecule is CC(CN)C(C)Cc1ccc(Cl)cc1Cl. The first-order valence-corrected chi connectivity index (χ1v) is 5.94. The highest BCUT2D eigenvalue weighted by Gasteiger charge is 2.12. The molecule has 2 atom stereocenters. The van der Waals surface area contributed by atoms with Gasteiger partial charge in [0, 0.05) is 10.0 Å². The molecule has 0 spiro atoms. The van der Waals surface area contributed by atoms with E-state index in [1.165, 1.54) is 0 Å². The van der Waals surface area contributed by atoms with Crippen molar-refractivity contribution in [1.29, 1.82) is 0 Å². The molecule has 1 aromatic rings. The monoisotopic (exact) mass is 245 g/mol. The zero-order chi connectivity index (χ0) is 11.4. The van der Waals surface area contributed by atoms with E-state index in [0.29, 0.717) is 23.4 Å². The first kappa shape index (κ1) is 12.8. The van der Waals surface area contributed by atoms with Crippen molar-refractivity contribution in [3.8, 4) is 0 Å². The molecule has 2 unspecified atom stereocenters. The number of halogens is 2. The van der Waals surface area contributed by atoms with Gasteiger partial charge in [-0.3, -0.25) is 0 Å². The molecule has 0 heterocycles. The Bertz CT molecular complexity index is 325. The van der Waals surface area contributed by atoms with Gasteiger partial charge in [-0.2, -0.15) is 0 Å². The van der Waals surface area contributed by atoms with Crippen LogP contribution in [0.4, 0.5) is 0 Å². The second kappa shape index (κ2) is 5.74. The van der Waals surface area contributed by atoms with Crippen molar-refractivity contribution in [3.05, 3.63) is 33.8 Å². The second-order valence-corrected chi connectivity index (χ2v) is 4.97. The maximum atomic E-state index is 6.11. The lowest BCUT2D eigenvalue weighted by atomic mass is 9.90. The molecule has 3 heteroatoms. The first-order valence-electron chi connectivity index (χ1n) is 5.18. The third-order valence-corrected chi connectivity index (χ3v) is 3.49. The number of hydrogen-bond donors (Lipinski definition) is 1.